The molecule has 0 aromatic rings. The van der Waals surface area contributed by atoms with Gasteiger partial charge in [-0.15, -0.1) is 0 Å². The summed E-state index contributed by atoms with van der Waals surface area (Å²) in [6.07, 6.45) is 0. The Bertz CT molecular complexity index is 81.4. The second-order valence-electron chi connectivity index (χ2n) is 1.13. The van der Waals surface area contributed by atoms with Crippen LogP contribution in [0.4, 0.5) is 0 Å². The summed E-state index contributed by atoms with van der Waals surface area (Å²) in [5, 5.41) is 15.9. The zero-order valence-corrected chi connectivity index (χ0v) is 3.66. The van der Waals surface area contributed by atoms with E-state index in [2.05, 4.69) is 0 Å². The monoisotopic (exact) mass is 177 g/mol. The summed E-state index contributed by atoms with van der Waals surface area (Å²) < 4.78 is 0. The van der Waals surface area contributed by atoms with Gasteiger partial charge in [-0.3, -0.25) is 4.79 Å². The summed E-state index contributed by atoms with van der Waals surface area (Å²) in [7, 11) is 0. The van der Waals surface area contributed by atoms with Crippen LogP contribution in [0.25, 0.3) is 0 Å². The van der Waals surface area contributed by atoms with Gasteiger partial charge in [0.2, 0.25) is 0 Å². The van der Waals surface area contributed by atoms with E-state index in [9.17, 15) is 4.79 Å². The van der Waals surface area contributed by atoms with Crippen LogP contribution in [0.2, 0.25) is 0 Å². The molecule has 0 aliphatic heterocycles. The Kier molecular flexibility index (Phi) is 31.8. The maximum atomic E-state index is 9.65. The molecule has 4 nitrogen and oxygen atoms in total. The molecule has 1 atom stereocenters. The molecule has 48 valence electrons. The number of hydrogen-bond acceptors (Lipinski definition) is 3. The number of aliphatic carboxylic acids is 1. The summed E-state index contributed by atoms with van der Waals surface area (Å²) in [6, 6.07) is -1.13. The van der Waals surface area contributed by atoms with Crippen molar-refractivity contribution in [3.05, 3.63) is 0 Å². The van der Waals surface area contributed by atoms with E-state index >= 15 is 0 Å². The Morgan fingerprint density at radius 1 is 1.40 bits per heavy atom. The number of carboxylic acid groups (broad SMARTS) is 1. The van der Waals surface area contributed by atoms with Gasteiger partial charge in [-0.05, 0) is 0 Å². The molecule has 0 saturated carbocycles. The molecule has 1 unspecified atom stereocenters. The third-order valence-corrected chi connectivity index (χ3v) is 0.514. The van der Waals surface area contributed by atoms with E-state index in [0.717, 1.165) is 0 Å². The predicted molar refractivity (Wildman–Crippen MR) is 44.1 cm³/mol. The van der Waals surface area contributed by atoms with Crippen molar-refractivity contribution in [2.75, 3.05) is 6.61 Å². The van der Waals surface area contributed by atoms with E-state index in [1.165, 1.54) is 0 Å². The zero-order valence-electron chi connectivity index (χ0n) is 3.66. The first-order valence-electron chi connectivity index (χ1n) is 1.77. The SMILES string of the molecule is NC(CO)C(=O)O.[NaH].[NaH].[NaH]. The van der Waals surface area contributed by atoms with Crippen LogP contribution in [0.3, 0.4) is 0 Å². The second-order valence-corrected chi connectivity index (χ2v) is 1.13. The van der Waals surface area contributed by atoms with E-state index in [4.69, 9.17) is 15.9 Å². The Hall–Kier alpha value is 2.39. The molecule has 10 heavy (non-hydrogen) atoms. The average molecular weight is 177 g/mol. The van der Waals surface area contributed by atoms with Gasteiger partial charge in [-0.1, -0.05) is 0 Å². The van der Waals surface area contributed by atoms with Crippen LogP contribution in [0.15, 0.2) is 0 Å². The second kappa shape index (κ2) is 13.9. The van der Waals surface area contributed by atoms with Crippen LogP contribution in [-0.2, 0) is 4.79 Å². The fourth-order valence-electron chi connectivity index (χ4n) is 0.0781. The number of nitrogens with two attached hydrogens (primary N) is 1. The Balaban J connectivity index is -0.0000000600. The molecule has 0 aromatic heterocycles. The van der Waals surface area contributed by atoms with Crippen molar-refractivity contribution >= 4 is 94.6 Å². The van der Waals surface area contributed by atoms with Crippen LogP contribution >= 0.6 is 0 Å². The van der Waals surface area contributed by atoms with E-state index in [0.29, 0.717) is 0 Å². The molecule has 0 amide bonds. The predicted octanol–water partition coefficient (Wildman–Crippen LogP) is -3.55. The molecule has 0 heterocycles. The molecule has 0 fully saturated rings. The van der Waals surface area contributed by atoms with E-state index in [-0.39, 0.29) is 88.7 Å². The Labute approximate surface area is 126 Å². The van der Waals surface area contributed by atoms with Crippen LogP contribution in [0, 0.1) is 0 Å². The molecule has 0 aliphatic carbocycles. The van der Waals surface area contributed by atoms with Gasteiger partial charge in [-0.2, -0.15) is 0 Å². The van der Waals surface area contributed by atoms with Crippen molar-refractivity contribution in [1.82, 2.24) is 0 Å². The molecule has 0 spiro atoms. The van der Waals surface area contributed by atoms with E-state index < -0.39 is 18.6 Å². The van der Waals surface area contributed by atoms with Gasteiger partial charge in [0.25, 0.3) is 0 Å². The number of rotatable bonds is 2. The van der Waals surface area contributed by atoms with E-state index in [1.54, 1.807) is 0 Å². The van der Waals surface area contributed by atoms with Gasteiger partial charge in [0.1, 0.15) is 6.04 Å². The minimum absolute atomic E-state index is 0. The molecule has 0 saturated heterocycles. The summed E-state index contributed by atoms with van der Waals surface area (Å²) in [4.78, 5) is 9.65. The van der Waals surface area contributed by atoms with Crippen LogP contribution in [0.1, 0.15) is 0 Å². The Morgan fingerprint density at radius 2 is 1.70 bits per heavy atom. The molecule has 7 heteroatoms. The summed E-state index contributed by atoms with van der Waals surface area (Å²) >= 11 is 0. The summed E-state index contributed by atoms with van der Waals surface area (Å²) in [5.41, 5.74) is 4.77. The number of aliphatic hydroxyl groups excluding tert-OH is 1. The fourth-order valence-corrected chi connectivity index (χ4v) is 0.0781. The zero-order chi connectivity index (χ0) is 5.86. The molecule has 0 rings (SSSR count). The molecule has 0 radical (unpaired) electrons. The van der Waals surface area contributed by atoms with Crippen molar-refractivity contribution < 1.29 is 15.0 Å². The standard InChI is InChI=1S/C3H7NO3.3Na.3H/c4-2(1-5)3(6)7;;;;;;/h2,5H,1,4H2,(H,6,7);;;;;;. The van der Waals surface area contributed by atoms with Crippen molar-refractivity contribution in [1.29, 1.82) is 0 Å². The van der Waals surface area contributed by atoms with E-state index in [1.807, 2.05) is 0 Å². The Morgan fingerprint density at radius 3 is 1.70 bits per heavy atom. The molecule has 4 N–H and O–H groups in total. The van der Waals surface area contributed by atoms with Gasteiger partial charge >= 0.3 is 94.6 Å². The average Bonchev–Trinajstić information content (AvgIpc) is 1.65. The van der Waals surface area contributed by atoms with Gasteiger partial charge in [0.05, 0.1) is 6.61 Å². The number of hydrogen-bond donors (Lipinski definition) is 3. The van der Waals surface area contributed by atoms with Crippen molar-refractivity contribution in [3.63, 3.8) is 0 Å². The molecular weight excluding hydrogens is 167 g/mol. The van der Waals surface area contributed by atoms with Gasteiger partial charge in [0, 0.05) is 0 Å². The topological polar surface area (TPSA) is 83.5 Å². The maximum absolute atomic E-state index is 9.65. The molecule has 0 aliphatic rings. The molecular formula is C3H10NNa3O3. The molecule has 0 aromatic carbocycles. The van der Waals surface area contributed by atoms with Crippen molar-refractivity contribution in [2.24, 2.45) is 5.73 Å². The fraction of sp³-hybridized carbons (Fsp3) is 0.667. The third kappa shape index (κ3) is 13.0. The number of aliphatic hydroxyl groups is 1. The first kappa shape index (κ1) is 22.8. The number of carbonyl (C=O) groups is 1. The quantitative estimate of drug-likeness (QED) is 0.381. The van der Waals surface area contributed by atoms with Crippen molar-refractivity contribution in [2.45, 2.75) is 6.04 Å². The third-order valence-electron chi connectivity index (χ3n) is 0.514. The summed E-state index contributed by atoms with van der Waals surface area (Å²) in [6.45, 7) is -0.505. The van der Waals surface area contributed by atoms with Crippen molar-refractivity contribution in [3.8, 4) is 0 Å². The number of carboxylic acids is 1. The summed E-state index contributed by atoms with van der Waals surface area (Å²) in [5.74, 6) is -1.18. The van der Waals surface area contributed by atoms with Gasteiger partial charge < -0.3 is 15.9 Å². The van der Waals surface area contributed by atoms with Gasteiger partial charge in [-0.25, -0.2) is 0 Å². The minimum atomic E-state index is -1.18. The van der Waals surface area contributed by atoms with Crippen LogP contribution in [-0.4, -0.2) is 118 Å². The van der Waals surface area contributed by atoms with Crippen LogP contribution in [0.5, 0.6) is 0 Å². The first-order valence-corrected chi connectivity index (χ1v) is 1.77. The van der Waals surface area contributed by atoms with Crippen LogP contribution < -0.4 is 5.73 Å². The van der Waals surface area contributed by atoms with Gasteiger partial charge in [0.15, 0.2) is 0 Å². The first-order chi connectivity index (χ1) is 3.18. The normalized spacial score (nSPS) is 9.40. The molecule has 0 bridgehead atoms.